The molecule has 0 radical (unpaired) electrons. The Morgan fingerprint density at radius 1 is 1.30 bits per heavy atom. The number of rotatable bonds is 4. The number of hydrogen-bond donors (Lipinski definition) is 1. The number of non-ortho nitro benzene ring substituents is 1. The first-order valence-corrected chi connectivity index (χ1v) is 6.69. The first-order chi connectivity index (χ1) is 9.47. The van der Waals surface area contributed by atoms with Crippen molar-refractivity contribution in [2.45, 2.75) is 13.5 Å². The van der Waals surface area contributed by atoms with Crippen molar-refractivity contribution >= 4 is 27.3 Å². The van der Waals surface area contributed by atoms with E-state index < -0.39 is 4.92 Å². The second-order valence-electron chi connectivity index (χ2n) is 4.36. The van der Waals surface area contributed by atoms with E-state index in [1.54, 1.807) is 18.2 Å². The third-order valence-electron chi connectivity index (χ3n) is 2.90. The number of anilines is 1. The van der Waals surface area contributed by atoms with Gasteiger partial charge in [-0.3, -0.25) is 10.1 Å². The molecule has 0 aliphatic rings. The van der Waals surface area contributed by atoms with Gasteiger partial charge in [-0.05, 0) is 46.1 Å². The van der Waals surface area contributed by atoms with Crippen LogP contribution in [0.25, 0.3) is 0 Å². The number of nitrogens with one attached hydrogen (secondary N) is 1. The monoisotopic (exact) mass is 338 g/mol. The Labute approximate surface area is 123 Å². The summed E-state index contributed by atoms with van der Waals surface area (Å²) in [5, 5.41) is 13.7. The van der Waals surface area contributed by atoms with Gasteiger partial charge in [-0.1, -0.05) is 12.1 Å². The topological polar surface area (TPSA) is 55.2 Å². The Hall–Kier alpha value is -1.95. The van der Waals surface area contributed by atoms with Crippen LogP contribution in [-0.2, 0) is 6.54 Å². The molecule has 2 aromatic carbocycles. The van der Waals surface area contributed by atoms with Crippen LogP contribution in [0.2, 0.25) is 0 Å². The number of hydrogen-bond acceptors (Lipinski definition) is 3. The number of nitro groups is 1. The second kappa shape index (κ2) is 6.00. The van der Waals surface area contributed by atoms with E-state index in [-0.39, 0.29) is 11.5 Å². The lowest BCUT2D eigenvalue weighted by atomic mass is 10.1. The molecule has 1 N–H and O–H groups in total. The molecule has 0 atom stereocenters. The summed E-state index contributed by atoms with van der Waals surface area (Å²) in [4.78, 5) is 10.1. The molecule has 0 aromatic heterocycles. The lowest BCUT2D eigenvalue weighted by Gasteiger charge is -2.10. The maximum Gasteiger partial charge on any atom is 0.269 e. The van der Waals surface area contributed by atoms with Gasteiger partial charge in [0.05, 0.1) is 9.40 Å². The fraction of sp³-hybridized carbons (Fsp3) is 0.143. The first kappa shape index (κ1) is 14.5. The van der Waals surface area contributed by atoms with Gasteiger partial charge in [0.1, 0.15) is 5.82 Å². The Balaban J connectivity index is 2.09. The average molecular weight is 339 g/mol. The fourth-order valence-electron chi connectivity index (χ4n) is 1.77. The van der Waals surface area contributed by atoms with Gasteiger partial charge in [0.2, 0.25) is 0 Å². The van der Waals surface area contributed by atoms with Crippen LogP contribution in [0, 0.1) is 22.9 Å². The van der Waals surface area contributed by atoms with Crippen LogP contribution in [0.3, 0.4) is 0 Å². The van der Waals surface area contributed by atoms with Crippen LogP contribution in [0.4, 0.5) is 15.8 Å². The van der Waals surface area contributed by atoms with Crippen LogP contribution < -0.4 is 5.32 Å². The molecule has 6 heteroatoms. The van der Waals surface area contributed by atoms with Gasteiger partial charge in [0.25, 0.3) is 5.69 Å². The average Bonchev–Trinajstić information content (AvgIpc) is 2.42. The molecule has 0 heterocycles. The molecule has 0 aliphatic heterocycles. The molecule has 0 bridgehead atoms. The minimum Gasteiger partial charge on any atom is -0.381 e. The lowest BCUT2D eigenvalue weighted by molar-refractivity contribution is -0.384. The van der Waals surface area contributed by atoms with Gasteiger partial charge in [-0.2, -0.15) is 0 Å². The zero-order chi connectivity index (χ0) is 14.7. The van der Waals surface area contributed by atoms with Crippen molar-refractivity contribution in [1.29, 1.82) is 0 Å². The highest BCUT2D eigenvalue weighted by molar-refractivity contribution is 9.10. The second-order valence-corrected chi connectivity index (χ2v) is 5.21. The zero-order valence-corrected chi connectivity index (χ0v) is 12.3. The van der Waals surface area contributed by atoms with E-state index in [1.807, 2.05) is 6.92 Å². The fourth-order valence-corrected chi connectivity index (χ4v) is 2.11. The lowest BCUT2D eigenvalue weighted by Crippen LogP contribution is -2.02. The summed E-state index contributed by atoms with van der Waals surface area (Å²) in [5.41, 5.74) is 2.59. The predicted molar refractivity (Wildman–Crippen MR) is 79.3 cm³/mol. The van der Waals surface area contributed by atoms with E-state index in [9.17, 15) is 14.5 Å². The molecular weight excluding hydrogens is 327 g/mol. The maximum atomic E-state index is 13.3. The van der Waals surface area contributed by atoms with Gasteiger partial charge in [0, 0.05) is 24.4 Å². The van der Waals surface area contributed by atoms with Crippen LogP contribution >= 0.6 is 15.9 Å². The summed E-state index contributed by atoms with van der Waals surface area (Å²) in [6.07, 6.45) is 0. The molecule has 0 saturated heterocycles. The van der Waals surface area contributed by atoms with Crippen molar-refractivity contribution in [3.05, 3.63) is 67.9 Å². The summed E-state index contributed by atoms with van der Waals surface area (Å²) in [7, 11) is 0. The molecule has 0 spiro atoms. The zero-order valence-electron chi connectivity index (χ0n) is 10.7. The summed E-state index contributed by atoms with van der Waals surface area (Å²) in [6.45, 7) is 2.32. The molecule has 4 nitrogen and oxygen atoms in total. The molecule has 104 valence electrons. The van der Waals surface area contributed by atoms with Crippen molar-refractivity contribution in [1.82, 2.24) is 0 Å². The van der Waals surface area contributed by atoms with E-state index in [2.05, 4.69) is 21.2 Å². The van der Waals surface area contributed by atoms with Gasteiger partial charge in [-0.25, -0.2) is 4.39 Å². The standard InChI is InChI=1S/C14H12BrFN2O2/c1-9-6-13(16)12(15)7-14(9)17-8-10-2-4-11(5-3-10)18(19)20/h2-7,17H,8H2,1H3. The van der Waals surface area contributed by atoms with Gasteiger partial charge < -0.3 is 5.32 Å². The van der Waals surface area contributed by atoms with Crippen molar-refractivity contribution in [2.24, 2.45) is 0 Å². The molecule has 20 heavy (non-hydrogen) atoms. The van der Waals surface area contributed by atoms with E-state index in [0.29, 0.717) is 11.0 Å². The van der Waals surface area contributed by atoms with E-state index >= 15 is 0 Å². The molecule has 2 aromatic rings. The third kappa shape index (κ3) is 3.33. The van der Waals surface area contributed by atoms with Crippen LogP contribution in [-0.4, -0.2) is 4.92 Å². The van der Waals surface area contributed by atoms with Crippen molar-refractivity contribution < 1.29 is 9.31 Å². The minimum absolute atomic E-state index is 0.0643. The highest BCUT2D eigenvalue weighted by Gasteiger charge is 2.06. The number of halogens is 2. The summed E-state index contributed by atoms with van der Waals surface area (Å²) in [6, 6.07) is 9.44. The van der Waals surface area contributed by atoms with E-state index in [4.69, 9.17) is 0 Å². The summed E-state index contributed by atoms with van der Waals surface area (Å²) >= 11 is 3.14. The van der Waals surface area contributed by atoms with Crippen molar-refractivity contribution in [3.63, 3.8) is 0 Å². The molecule has 2 rings (SSSR count). The highest BCUT2D eigenvalue weighted by atomic mass is 79.9. The molecule has 0 aliphatic carbocycles. The molecule has 0 saturated carbocycles. The van der Waals surface area contributed by atoms with Crippen LogP contribution in [0.15, 0.2) is 40.9 Å². The van der Waals surface area contributed by atoms with Gasteiger partial charge in [0.15, 0.2) is 0 Å². The van der Waals surface area contributed by atoms with Crippen LogP contribution in [0.1, 0.15) is 11.1 Å². The van der Waals surface area contributed by atoms with Gasteiger partial charge >= 0.3 is 0 Å². The first-order valence-electron chi connectivity index (χ1n) is 5.90. The SMILES string of the molecule is Cc1cc(F)c(Br)cc1NCc1ccc([N+](=O)[O-])cc1. The summed E-state index contributed by atoms with van der Waals surface area (Å²) < 4.78 is 13.7. The minimum atomic E-state index is -0.432. The largest absolute Gasteiger partial charge is 0.381 e. The Morgan fingerprint density at radius 3 is 2.55 bits per heavy atom. The smallest absolute Gasteiger partial charge is 0.269 e. The molecule has 0 unspecified atom stereocenters. The third-order valence-corrected chi connectivity index (χ3v) is 3.51. The van der Waals surface area contributed by atoms with Crippen LogP contribution in [0.5, 0.6) is 0 Å². The Bertz CT molecular complexity index is 644. The van der Waals surface area contributed by atoms with Gasteiger partial charge in [-0.15, -0.1) is 0 Å². The molecule has 0 amide bonds. The van der Waals surface area contributed by atoms with E-state index in [1.165, 1.54) is 18.2 Å². The quantitative estimate of drug-likeness (QED) is 0.663. The predicted octanol–water partition coefficient (Wildman–Crippen LogP) is 4.42. The van der Waals surface area contributed by atoms with E-state index in [0.717, 1.165) is 16.8 Å². The normalized spacial score (nSPS) is 10.3. The molecule has 0 fully saturated rings. The Morgan fingerprint density at radius 2 is 1.95 bits per heavy atom. The molecular formula is C14H12BrFN2O2. The number of aryl methyl sites for hydroxylation is 1. The highest BCUT2D eigenvalue weighted by Crippen LogP contribution is 2.24. The number of nitrogens with zero attached hydrogens (tertiary/aromatic N) is 1. The maximum absolute atomic E-state index is 13.3. The Kier molecular flexibility index (Phi) is 4.34. The summed E-state index contributed by atoms with van der Waals surface area (Å²) in [5.74, 6) is -0.302. The number of nitro benzene ring substituents is 1. The van der Waals surface area contributed by atoms with Crippen molar-refractivity contribution in [3.8, 4) is 0 Å². The van der Waals surface area contributed by atoms with Crippen molar-refractivity contribution in [2.75, 3.05) is 5.32 Å². The number of benzene rings is 2.